The number of sulfonamides is 1. The Morgan fingerprint density at radius 3 is 2.46 bits per heavy atom. The molecule has 0 bridgehead atoms. The Hall–Kier alpha value is -3.43. The van der Waals surface area contributed by atoms with Gasteiger partial charge in [0.2, 0.25) is 15.9 Å². The van der Waals surface area contributed by atoms with E-state index in [1.165, 1.54) is 4.31 Å². The second-order valence-electron chi connectivity index (χ2n) is 9.73. The minimum atomic E-state index is -3.84. The second kappa shape index (κ2) is 10.1. The molecule has 0 unspecified atom stereocenters. The molecule has 1 fully saturated rings. The number of para-hydroxylation sites is 2. The summed E-state index contributed by atoms with van der Waals surface area (Å²) in [6.07, 6.45) is 4.24. The maximum atomic E-state index is 13.6. The van der Waals surface area contributed by atoms with E-state index < -0.39 is 10.0 Å². The lowest BCUT2D eigenvalue weighted by molar-refractivity contribution is -0.124. The van der Waals surface area contributed by atoms with Gasteiger partial charge >= 0.3 is 0 Å². The summed E-state index contributed by atoms with van der Waals surface area (Å²) in [5, 5.41) is 3.93. The van der Waals surface area contributed by atoms with Crippen LogP contribution in [0.5, 0.6) is 5.75 Å². The zero-order valence-electron chi connectivity index (χ0n) is 21.3. The lowest BCUT2D eigenvalue weighted by Crippen LogP contribution is -2.48. The maximum Gasteiger partial charge on any atom is 0.248 e. The Balaban J connectivity index is 1.30. The molecule has 0 saturated carbocycles. The average Bonchev–Trinajstić information content (AvgIpc) is 3.28. The number of anilines is 1. The summed E-state index contributed by atoms with van der Waals surface area (Å²) in [6.45, 7) is 6.57. The van der Waals surface area contributed by atoms with E-state index in [1.54, 1.807) is 17.9 Å². The van der Waals surface area contributed by atoms with Crippen LogP contribution in [0.1, 0.15) is 42.3 Å². The maximum absolute atomic E-state index is 13.6. The lowest BCUT2D eigenvalue weighted by atomic mass is 9.95. The monoisotopic (exact) mass is 521 g/mol. The third kappa shape index (κ3) is 5.06. The van der Waals surface area contributed by atoms with Gasteiger partial charge in [-0.2, -0.15) is 4.31 Å². The van der Waals surface area contributed by atoms with Crippen LogP contribution >= 0.6 is 0 Å². The molecule has 0 aliphatic carbocycles. The number of hydrogen-bond acceptors (Lipinski definition) is 6. The van der Waals surface area contributed by atoms with Gasteiger partial charge in [-0.1, -0.05) is 53.2 Å². The number of amides is 1. The fourth-order valence-corrected chi connectivity index (χ4v) is 6.66. The van der Waals surface area contributed by atoms with Crippen molar-refractivity contribution in [2.45, 2.75) is 44.6 Å². The number of nitrogens with zero attached hydrogens (tertiary/aromatic N) is 3. The van der Waals surface area contributed by atoms with Gasteiger partial charge in [-0.3, -0.25) is 4.79 Å². The zero-order chi connectivity index (χ0) is 26.2. The van der Waals surface area contributed by atoms with Crippen molar-refractivity contribution < 1.29 is 22.5 Å². The highest BCUT2D eigenvalue weighted by Crippen LogP contribution is 2.36. The van der Waals surface area contributed by atoms with Crippen molar-refractivity contribution in [1.29, 1.82) is 0 Å². The third-order valence-corrected chi connectivity index (χ3v) is 8.99. The minimum Gasteiger partial charge on any atom is -0.487 e. The molecule has 0 N–H and O–H groups in total. The second-order valence-corrected chi connectivity index (χ2v) is 11.6. The highest BCUT2D eigenvalue weighted by Gasteiger charge is 2.38. The molecule has 3 heterocycles. The van der Waals surface area contributed by atoms with Crippen LogP contribution in [0.15, 0.2) is 57.9 Å². The number of ether oxygens (including phenoxy) is 1. The highest BCUT2D eigenvalue weighted by molar-refractivity contribution is 7.89. The number of fused-ring (bicyclic) bond motifs is 1. The molecule has 0 spiro atoms. The third-order valence-electron chi connectivity index (χ3n) is 6.93. The van der Waals surface area contributed by atoms with Crippen LogP contribution in [-0.2, 0) is 14.8 Å². The molecule has 8 nitrogen and oxygen atoms in total. The van der Waals surface area contributed by atoms with E-state index in [-0.39, 0.29) is 41.7 Å². The molecular formula is C28H31N3O5S. The molecular weight excluding hydrogens is 490 g/mol. The number of hydrogen-bond donors (Lipinski definition) is 0. The predicted octanol–water partition coefficient (Wildman–Crippen LogP) is 4.68. The number of carbonyl (C=O) groups excluding carboxylic acids is 1. The SMILES string of the molecule is Cc1ccc(/C=C/c2onc(C)c2S(=O)(=O)N2CCC(C(=O)N3C[C@@H](C)Oc4ccccc43)CC2)cc1. The van der Waals surface area contributed by atoms with Crippen LogP contribution in [0.4, 0.5) is 5.69 Å². The number of aryl methyl sites for hydroxylation is 2. The van der Waals surface area contributed by atoms with E-state index in [4.69, 9.17) is 9.26 Å². The van der Waals surface area contributed by atoms with Crippen LogP contribution in [-0.4, -0.2) is 49.5 Å². The molecule has 1 atom stereocenters. The predicted molar refractivity (Wildman–Crippen MR) is 142 cm³/mol. The van der Waals surface area contributed by atoms with Crippen LogP contribution in [0, 0.1) is 19.8 Å². The van der Waals surface area contributed by atoms with Gasteiger partial charge in [-0.05, 0) is 57.4 Å². The summed E-state index contributed by atoms with van der Waals surface area (Å²) >= 11 is 0. The average molecular weight is 522 g/mol. The molecule has 2 aromatic carbocycles. The number of benzene rings is 2. The summed E-state index contributed by atoms with van der Waals surface area (Å²) in [4.78, 5) is 15.3. The minimum absolute atomic E-state index is 0.0162. The van der Waals surface area contributed by atoms with E-state index in [2.05, 4.69) is 5.16 Å². The zero-order valence-corrected chi connectivity index (χ0v) is 22.1. The standard InChI is InChI=1S/C28H31N3O5S/c1-19-8-10-22(11-9-19)12-13-26-27(21(3)29-36-26)37(33,34)30-16-14-23(15-17-30)28(32)31-18-20(2)35-25-7-5-4-6-24(25)31/h4-13,20,23H,14-18H2,1-3H3/b13-12+/t20-/m1/s1. The largest absolute Gasteiger partial charge is 0.487 e. The summed E-state index contributed by atoms with van der Waals surface area (Å²) in [5.74, 6) is 0.663. The van der Waals surface area contributed by atoms with Gasteiger partial charge in [0.1, 0.15) is 17.5 Å². The van der Waals surface area contributed by atoms with E-state index in [0.717, 1.165) is 16.8 Å². The number of piperidine rings is 1. The lowest BCUT2D eigenvalue weighted by Gasteiger charge is -2.37. The van der Waals surface area contributed by atoms with E-state index in [0.29, 0.717) is 30.8 Å². The molecule has 1 aromatic heterocycles. The molecule has 2 aliphatic rings. The van der Waals surface area contributed by atoms with Gasteiger partial charge in [-0.25, -0.2) is 8.42 Å². The molecule has 37 heavy (non-hydrogen) atoms. The molecule has 1 saturated heterocycles. The van der Waals surface area contributed by atoms with Crippen molar-refractivity contribution in [1.82, 2.24) is 9.46 Å². The molecule has 194 valence electrons. The van der Waals surface area contributed by atoms with Crippen LogP contribution in [0.3, 0.4) is 0 Å². The van der Waals surface area contributed by atoms with Gasteiger partial charge in [0.25, 0.3) is 0 Å². The molecule has 0 radical (unpaired) electrons. The van der Waals surface area contributed by atoms with Gasteiger partial charge in [0.05, 0.1) is 12.2 Å². The van der Waals surface area contributed by atoms with Gasteiger partial charge in [-0.15, -0.1) is 0 Å². The summed E-state index contributed by atoms with van der Waals surface area (Å²) in [6, 6.07) is 15.4. The Kier molecular flexibility index (Phi) is 6.92. The quantitative estimate of drug-likeness (QED) is 0.484. The Bertz CT molecular complexity index is 1420. The number of carbonyl (C=O) groups is 1. The smallest absolute Gasteiger partial charge is 0.248 e. The first-order valence-electron chi connectivity index (χ1n) is 12.5. The number of rotatable bonds is 5. The summed E-state index contributed by atoms with van der Waals surface area (Å²) in [5.41, 5.74) is 3.16. The molecule has 5 rings (SSSR count). The van der Waals surface area contributed by atoms with Gasteiger partial charge in [0.15, 0.2) is 10.7 Å². The summed E-state index contributed by atoms with van der Waals surface area (Å²) < 4.78 is 39.9. The Labute approximate surface area is 217 Å². The van der Waals surface area contributed by atoms with Crippen LogP contribution < -0.4 is 9.64 Å². The van der Waals surface area contributed by atoms with Crippen molar-refractivity contribution in [3.05, 3.63) is 71.1 Å². The van der Waals surface area contributed by atoms with E-state index in [9.17, 15) is 13.2 Å². The van der Waals surface area contributed by atoms with Crippen LogP contribution in [0.2, 0.25) is 0 Å². The molecule has 2 aliphatic heterocycles. The van der Waals surface area contributed by atoms with Crippen LogP contribution in [0.25, 0.3) is 12.2 Å². The fraction of sp³-hybridized carbons (Fsp3) is 0.357. The van der Waals surface area contributed by atoms with E-state index in [1.807, 2.05) is 68.5 Å². The Morgan fingerprint density at radius 1 is 1.03 bits per heavy atom. The molecule has 9 heteroatoms. The normalized spacial score (nSPS) is 19.1. The van der Waals surface area contributed by atoms with Gasteiger partial charge < -0.3 is 14.2 Å². The van der Waals surface area contributed by atoms with Crippen molar-refractivity contribution in [3.63, 3.8) is 0 Å². The highest BCUT2D eigenvalue weighted by atomic mass is 32.2. The van der Waals surface area contributed by atoms with Crippen molar-refractivity contribution in [2.24, 2.45) is 5.92 Å². The number of aromatic nitrogens is 1. The first-order valence-corrected chi connectivity index (χ1v) is 14.0. The van der Waals surface area contributed by atoms with Crippen molar-refractivity contribution in [3.8, 4) is 5.75 Å². The fourth-order valence-electron chi connectivity index (χ4n) is 4.94. The Morgan fingerprint density at radius 2 is 1.73 bits per heavy atom. The van der Waals surface area contributed by atoms with E-state index >= 15 is 0 Å². The topological polar surface area (TPSA) is 93.0 Å². The first kappa shape index (κ1) is 25.2. The molecule has 3 aromatic rings. The van der Waals surface area contributed by atoms with Gasteiger partial charge in [0, 0.05) is 19.0 Å². The van der Waals surface area contributed by atoms with Crippen molar-refractivity contribution in [2.75, 3.05) is 24.5 Å². The summed E-state index contributed by atoms with van der Waals surface area (Å²) in [7, 11) is -3.84. The first-order chi connectivity index (χ1) is 17.7. The van der Waals surface area contributed by atoms with Crippen molar-refractivity contribution >= 4 is 33.8 Å². The molecule has 1 amide bonds.